The first-order chi connectivity index (χ1) is 18.4. The lowest BCUT2D eigenvalue weighted by molar-refractivity contribution is -0.159. The van der Waals surface area contributed by atoms with Crippen LogP contribution in [-0.4, -0.2) is 41.6 Å². The van der Waals surface area contributed by atoms with Crippen LogP contribution in [0.4, 0.5) is 4.39 Å². The molecule has 3 unspecified atom stereocenters. The minimum absolute atomic E-state index is 0.0141. The van der Waals surface area contributed by atoms with Crippen LogP contribution in [0.5, 0.6) is 5.75 Å². The maximum Gasteiger partial charge on any atom is 0.329 e. The molecular formula is C34H50FNO4. The number of nitrogens with zero attached hydrogens (tertiary/aromatic N) is 1. The molecule has 5 nitrogen and oxygen atoms in total. The van der Waals surface area contributed by atoms with Crippen molar-refractivity contribution in [2.75, 3.05) is 13.2 Å². The molecule has 0 radical (unpaired) electrons. The second-order valence-corrected chi connectivity index (χ2v) is 16.6. The molecule has 3 atom stereocenters. The van der Waals surface area contributed by atoms with Gasteiger partial charge in [-0.05, 0) is 112 Å². The fraction of sp³-hybridized carbons (Fsp3) is 0.765. The zero-order valence-electron chi connectivity index (χ0n) is 26.0. The van der Waals surface area contributed by atoms with Gasteiger partial charge >= 0.3 is 5.97 Å². The van der Waals surface area contributed by atoms with E-state index >= 15 is 4.39 Å². The third kappa shape index (κ3) is 6.21. The third-order valence-electron chi connectivity index (χ3n) is 9.49. The van der Waals surface area contributed by atoms with E-state index in [1.165, 1.54) is 30.2 Å². The number of amides is 1. The highest BCUT2D eigenvalue weighted by Crippen LogP contribution is 2.65. The molecule has 0 spiro atoms. The Morgan fingerprint density at radius 1 is 0.950 bits per heavy atom. The van der Waals surface area contributed by atoms with Crippen molar-refractivity contribution in [2.24, 2.45) is 21.7 Å². The molecule has 1 heterocycles. The summed E-state index contributed by atoms with van der Waals surface area (Å²) in [5, 5.41) is 0. The number of carbonyl (C=O) groups is 2. The molecule has 0 N–H and O–H groups in total. The summed E-state index contributed by atoms with van der Waals surface area (Å²) in [6.45, 7) is 18.5. The first kappa shape index (κ1) is 29.4. The van der Waals surface area contributed by atoms with Crippen molar-refractivity contribution in [3.8, 4) is 5.75 Å². The predicted molar refractivity (Wildman–Crippen MR) is 155 cm³/mol. The second-order valence-electron chi connectivity index (χ2n) is 16.6. The molecule has 4 aliphatic rings. The summed E-state index contributed by atoms with van der Waals surface area (Å²) >= 11 is 0. The molecule has 6 heteroatoms. The SMILES string of the molecule is CC1(C)CC2(C)CC(C)(COc3cc(F)c(C(=O)N4CCCC4C(=O)OC(C)(C)C)cc3C3CC3)CC(C)(C1)C2. The van der Waals surface area contributed by atoms with Gasteiger partial charge in [0.2, 0.25) is 0 Å². The van der Waals surface area contributed by atoms with Crippen molar-refractivity contribution in [1.29, 1.82) is 0 Å². The summed E-state index contributed by atoms with van der Waals surface area (Å²) in [5.41, 5.74) is 1.26. The highest BCUT2D eigenvalue weighted by atomic mass is 19.1. The van der Waals surface area contributed by atoms with Gasteiger partial charge in [-0.15, -0.1) is 0 Å². The van der Waals surface area contributed by atoms with E-state index in [2.05, 4.69) is 34.6 Å². The van der Waals surface area contributed by atoms with Gasteiger partial charge in [-0.2, -0.15) is 0 Å². The maximum atomic E-state index is 15.6. The molecule has 4 fully saturated rings. The van der Waals surface area contributed by atoms with Gasteiger partial charge in [0, 0.05) is 18.0 Å². The molecule has 5 rings (SSSR count). The Kier molecular flexibility index (Phi) is 7.15. The van der Waals surface area contributed by atoms with Crippen LogP contribution >= 0.6 is 0 Å². The number of ether oxygens (including phenoxy) is 2. The third-order valence-corrected chi connectivity index (χ3v) is 9.49. The quantitative estimate of drug-likeness (QED) is 0.333. The van der Waals surface area contributed by atoms with Crippen LogP contribution in [0.15, 0.2) is 12.1 Å². The lowest BCUT2D eigenvalue weighted by Crippen LogP contribution is -2.51. The Morgan fingerprint density at radius 2 is 1.57 bits per heavy atom. The van der Waals surface area contributed by atoms with Gasteiger partial charge in [0.1, 0.15) is 23.2 Å². The van der Waals surface area contributed by atoms with E-state index in [-0.39, 0.29) is 27.7 Å². The van der Waals surface area contributed by atoms with Crippen molar-refractivity contribution in [1.82, 2.24) is 4.90 Å². The molecule has 40 heavy (non-hydrogen) atoms. The molecule has 2 bridgehead atoms. The number of esters is 1. The average molecular weight is 556 g/mol. The largest absolute Gasteiger partial charge is 0.493 e. The van der Waals surface area contributed by atoms with E-state index < -0.39 is 29.3 Å². The molecule has 1 aromatic carbocycles. The highest BCUT2D eigenvalue weighted by Gasteiger charge is 2.55. The zero-order valence-corrected chi connectivity index (χ0v) is 26.0. The van der Waals surface area contributed by atoms with Crippen LogP contribution in [0, 0.1) is 27.5 Å². The Morgan fingerprint density at radius 3 is 2.15 bits per heavy atom. The van der Waals surface area contributed by atoms with Crippen LogP contribution in [0.3, 0.4) is 0 Å². The molecule has 1 aliphatic heterocycles. The molecule has 1 amide bonds. The fourth-order valence-electron chi connectivity index (χ4n) is 9.61. The van der Waals surface area contributed by atoms with Crippen LogP contribution in [0.2, 0.25) is 0 Å². The maximum absolute atomic E-state index is 15.6. The lowest BCUT2D eigenvalue weighted by atomic mass is 9.45. The molecular weight excluding hydrogens is 505 g/mol. The van der Waals surface area contributed by atoms with E-state index in [1.54, 1.807) is 6.07 Å². The fourth-order valence-corrected chi connectivity index (χ4v) is 9.61. The minimum atomic E-state index is -0.676. The first-order valence-corrected chi connectivity index (χ1v) is 15.4. The van der Waals surface area contributed by atoms with E-state index in [0.717, 1.165) is 31.2 Å². The monoisotopic (exact) mass is 555 g/mol. The Bertz CT molecular complexity index is 1150. The predicted octanol–water partition coefficient (Wildman–Crippen LogP) is 8.05. The Hall–Kier alpha value is -2.11. The molecule has 1 aromatic rings. The zero-order chi connectivity index (χ0) is 29.3. The van der Waals surface area contributed by atoms with Crippen molar-refractivity contribution in [3.05, 3.63) is 29.1 Å². The number of halogens is 1. The molecule has 0 aromatic heterocycles. The van der Waals surface area contributed by atoms with Crippen LogP contribution in [0.25, 0.3) is 0 Å². The number of benzene rings is 1. The minimum Gasteiger partial charge on any atom is -0.493 e. The summed E-state index contributed by atoms with van der Waals surface area (Å²) in [6, 6.07) is 2.46. The number of likely N-dealkylation sites (tertiary alicyclic amines) is 1. The van der Waals surface area contributed by atoms with Crippen LogP contribution < -0.4 is 4.74 Å². The molecule has 3 aliphatic carbocycles. The van der Waals surface area contributed by atoms with Crippen molar-refractivity contribution < 1.29 is 23.5 Å². The van der Waals surface area contributed by atoms with Gasteiger partial charge in [-0.25, -0.2) is 9.18 Å². The molecule has 3 saturated carbocycles. The summed E-state index contributed by atoms with van der Waals surface area (Å²) in [7, 11) is 0. The number of carbonyl (C=O) groups excluding carboxylic acids is 2. The number of hydrogen-bond acceptors (Lipinski definition) is 4. The number of rotatable bonds is 6. The van der Waals surface area contributed by atoms with Gasteiger partial charge in [0.15, 0.2) is 0 Å². The van der Waals surface area contributed by atoms with Gasteiger partial charge in [-0.1, -0.05) is 34.6 Å². The van der Waals surface area contributed by atoms with Crippen LogP contribution in [0.1, 0.15) is 135 Å². The summed E-state index contributed by atoms with van der Waals surface area (Å²) in [4.78, 5) is 27.9. The summed E-state index contributed by atoms with van der Waals surface area (Å²) in [6.07, 6.45) is 9.20. The Labute approximate surface area is 240 Å². The number of hydrogen-bond donors (Lipinski definition) is 0. The van der Waals surface area contributed by atoms with Crippen LogP contribution in [-0.2, 0) is 9.53 Å². The number of fused-ring (bicyclic) bond motifs is 2. The summed E-state index contributed by atoms with van der Waals surface area (Å²) in [5.74, 6) is -0.566. The van der Waals surface area contributed by atoms with E-state index in [1.807, 2.05) is 20.8 Å². The highest BCUT2D eigenvalue weighted by molar-refractivity contribution is 5.98. The van der Waals surface area contributed by atoms with Crippen molar-refractivity contribution in [3.63, 3.8) is 0 Å². The standard InChI is InChI=1S/C34H50FNO4/c1-30(2,3)40-29(38)26-10-9-13-36(26)28(37)24-14-23(22-11-12-22)27(15-25(24)35)39-21-34(8)19-32(6)16-31(4,5)17-33(7,18-32)20-34/h14-15,22,26H,9-13,16-21H2,1-8H3. The smallest absolute Gasteiger partial charge is 0.329 e. The van der Waals surface area contributed by atoms with Crippen molar-refractivity contribution >= 4 is 11.9 Å². The van der Waals surface area contributed by atoms with E-state index in [9.17, 15) is 9.59 Å². The van der Waals surface area contributed by atoms with E-state index in [0.29, 0.717) is 37.2 Å². The Balaban J connectivity index is 1.35. The molecule has 222 valence electrons. The first-order valence-electron chi connectivity index (χ1n) is 15.4. The van der Waals surface area contributed by atoms with Gasteiger partial charge in [-0.3, -0.25) is 4.79 Å². The van der Waals surface area contributed by atoms with Gasteiger partial charge < -0.3 is 14.4 Å². The van der Waals surface area contributed by atoms with Crippen molar-refractivity contribution in [2.45, 2.75) is 131 Å². The van der Waals surface area contributed by atoms with E-state index in [4.69, 9.17) is 9.47 Å². The average Bonchev–Trinajstić information content (AvgIpc) is 3.48. The summed E-state index contributed by atoms with van der Waals surface area (Å²) < 4.78 is 27.7. The topological polar surface area (TPSA) is 55.8 Å². The van der Waals surface area contributed by atoms with Gasteiger partial charge in [0.05, 0.1) is 12.2 Å². The second kappa shape index (κ2) is 9.73. The molecule has 1 saturated heterocycles. The normalized spacial score (nSPS) is 33.5. The van der Waals surface area contributed by atoms with Gasteiger partial charge in [0.25, 0.3) is 5.91 Å². The lowest BCUT2D eigenvalue weighted by Gasteiger charge is -2.60.